The number of fused-ring (bicyclic) bond motifs is 6. The molecule has 9 atom stereocenters. The zero-order valence-electron chi connectivity index (χ0n) is 35.9. The molecule has 1 saturated carbocycles. The molecule has 3 aromatic rings. The Hall–Kier alpha value is -4.16. The molecule has 2 N–H and O–H groups in total. The van der Waals surface area contributed by atoms with Gasteiger partial charge in [-0.05, 0) is 74.2 Å². The number of anilines is 1. The minimum Gasteiger partial charge on any atom is -0.496 e. The smallest absolute Gasteiger partial charge is 0.322 e. The van der Waals surface area contributed by atoms with Crippen LogP contribution in [0, 0.1) is 11.3 Å². The summed E-state index contributed by atoms with van der Waals surface area (Å²) >= 11 is 0. The van der Waals surface area contributed by atoms with Gasteiger partial charge in [0.2, 0.25) is 0 Å². The summed E-state index contributed by atoms with van der Waals surface area (Å²) in [6.07, 6.45) is 10.4. The van der Waals surface area contributed by atoms with Crippen molar-refractivity contribution in [3.8, 4) is 5.75 Å². The number of rotatable bonds is 10. The quantitative estimate of drug-likeness (QED) is 0.143. The van der Waals surface area contributed by atoms with Crippen LogP contribution in [-0.2, 0) is 41.1 Å². The van der Waals surface area contributed by atoms with Crippen LogP contribution in [0.4, 0.5) is 5.69 Å². The Bertz CT molecular complexity index is 2220. The first-order valence-corrected chi connectivity index (χ1v) is 21.9. The highest BCUT2D eigenvalue weighted by Crippen LogP contribution is 2.68. The fourth-order valence-electron chi connectivity index (χ4n) is 13.4. The number of H-pyrrole nitrogens is 1. The molecule has 0 amide bonds. The Labute approximate surface area is 348 Å². The highest BCUT2D eigenvalue weighted by Gasteiger charge is 2.78. The molecular formula is C48H62N4O7. The summed E-state index contributed by atoms with van der Waals surface area (Å²) < 4.78 is 25.2. The average Bonchev–Trinajstić information content (AvgIpc) is 3.90. The third kappa shape index (κ3) is 5.59. The van der Waals surface area contributed by atoms with E-state index in [1.54, 1.807) is 7.11 Å². The molecular weight excluding hydrogens is 745 g/mol. The number of nitrogens with zero attached hydrogens (tertiary/aromatic N) is 3. The van der Waals surface area contributed by atoms with E-state index in [2.05, 4.69) is 89.0 Å². The van der Waals surface area contributed by atoms with E-state index in [9.17, 15) is 9.90 Å². The highest BCUT2D eigenvalue weighted by molar-refractivity contribution is 5.94. The first-order valence-electron chi connectivity index (χ1n) is 21.9. The van der Waals surface area contributed by atoms with Crippen molar-refractivity contribution in [1.29, 1.82) is 0 Å². The van der Waals surface area contributed by atoms with Gasteiger partial charge in [-0.1, -0.05) is 62.8 Å². The van der Waals surface area contributed by atoms with Crippen LogP contribution in [0.2, 0.25) is 0 Å². The van der Waals surface area contributed by atoms with Gasteiger partial charge in [-0.25, -0.2) is 0 Å². The van der Waals surface area contributed by atoms with Crippen LogP contribution in [0.1, 0.15) is 82.2 Å². The number of carbonyl (C=O) groups excluding carboxylic acids is 2. The van der Waals surface area contributed by atoms with Gasteiger partial charge in [0.05, 0.1) is 26.9 Å². The van der Waals surface area contributed by atoms with Gasteiger partial charge < -0.3 is 33.9 Å². The van der Waals surface area contributed by atoms with Gasteiger partial charge in [0, 0.05) is 97.5 Å². The van der Waals surface area contributed by atoms with Crippen LogP contribution in [0.5, 0.6) is 5.75 Å². The summed E-state index contributed by atoms with van der Waals surface area (Å²) in [5.74, 6) is -0.0885. The molecule has 316 valence electrons. The third-order valence-corrected chi connectivity index (χ3v) is 15.3. The van der Waals surface area contributed by atoms with Crippen LogP contribution in [0.15, 0.2) is 60.2 Å². The standard InChI is InChI=1S/C48H62N4O7/c1-8-22-58-29-48(55)42-46(18-21-52-19-13-17-45(10-3,41(46)52)43(48)59-30(4)53)35-24-36(39(56-6)25-38(35)50(42)5)47(44(54)57-7)26-32-23-31(9-2)27-51(28-32)20-16-34-33-14-11-12-15-37(33)49-40(34)47/h11-15,17,23-25,32,41-43,49,55H,8-10,16,18-22,26-29H2,1-7H3/t32-,41-,42+,43+,45+,46+,47-,48-/m0/s1. The van der Waals surface area contributed by atoms with Crippen LogP contribution in [0.3, 0.4) is 0 Å². The second kappa shape index (κ2) is 14.8. The molecule has 2 bridgehead atoms. The van der Waals surface area contributed by atoms with E-state index >= 15 is 4.79 Å². The second-order valence-corrected chi connectivity index (χ2v) is 18.2. The van der Waals surface area contributed by atoms with Crippen molar-refractivity contribution >= 4 is 28.5 Å². The minimum absolute atomic E-state index is 0.00460. The van der Waals surface area contributed by atoms with Gasteiger partial charge >= 0.3 is 11.9 Å². The number of likely N-dealkylation sites (N-methyl/N-ethyl adjacent to an activating group) is 1. The first-order chi connectivity index (χ1) is 28.5. The van der Waals surface area contributed by atoms with Crippen LogP contribution < -0.4 is 9.64 Å². The lowest BCUT2D eigenvalue weighted by Crippen LogP contribution is -2.80. The molecule has 2 fully saturated rings. The number of ether oxygens (including phenoxy) is 4. The monoisotopic (exact) mass is 806 g/mol. The number of esters is 2. The molecule has 2 aromatic carbocycles. The lowest BCUT2D eigenvalue weighted by molar-refractivity contribution is -0.233. The molecule has 0 radical (unpaired) electrons. The Morgan fingerprint density at radius 3 is 2.59 bits per heavy atom. The van der Waals surface area contributed by atoms with Gasteiger partial charge in [0.15, 0.2) is 0 Å². The van der Waals surface area contributed by atoms with Crippen molar-refractivity contribution in [3.05, 3.63) is 82.6 Å². The van der Waals surface area contributed by atoms with E-state index in [0.29, 0.717) is 25.2 Å². The van der Waals surface area contributed by atoms with E-state index in [-0.39, 0.29) is 24.5 Å². The van der Waals surface area contributed by atoms with E-state index in [1.165, 1.54) is 19.6 Å². The molecule has 59 heavy (non-hydrogen) atoms. The van der Waals surface area contributed by atoms with Crippen molar-refractivity contribution in [2.45, 2.75) is 101 Å². The van der Waals surface area contributed by atoms with E-state index in [0.717, 1.165) is 97.4 Å². The Kier molecular flexibility index (Phi) is 10.1. The first kappa shape index (κ1) is 40.3. The predicted octanol–water partition coefficient (Wildman–Crippen LogP) is 6.05. The number of nitrogens with one attached hydrogen (secondary N) is 1. The molecule has 1 aromatic heterocycles. The average molecular weight is 807 g/mol. The van der Waals surface area contributed by atoms with Crippen molar-refractivity contribution in [2.75, 3.05) is 72.1 Å². The molecule has 1 spiro atoms. The lowest BCUT2D eigenvalue weighted by Gasteiger charge is -2.64. The second-order valence-electron chi connectivity index (χ2n) is 18.2. The molecule has 1 saturated heterocycles. The number of aromatic amines is 1. The molecule has 6 heterocycles. The number of hydrogen-bond acceptors (Lipinski definition) is 10. The molecule has 6 aliphatic rings. The van der Waals surface area contributed by atoms with Crippen LogP contribution in [-0.4, -0.2) is 123 Å². The van der Waals surface area contributed by atoms with Crippen molar-refractivity contribution < 1.29 is 33.6 Å². The highest BCUT2D eigenvalue weighted by atomic mass is 16.6. The maximum Gasteiger partial charge on any atom is 0.322 e. The summed E-state index contributed by atoms with van der Waals surface area (Å²) in [5, 5.41) is 14.7. The number of aromatic nitrogens is 1. The number of methoxy groups -OCH3 is 2. The molecule has 11 heteroatoms. The third-order valence-electron chi connectivity index (χ3n) is 15.3. The normalized spacial score (nSPS) is 34.5. The van der Waals surface area contributed by atoms with E-state index in [4.69, 9.17) is 18.9 Å². The number of para-hydroxylation sites is 1. The predicted molar refractivity (Wildman–Crippen MR) is 228 cm³/mol. The van der Waals surface area contributed by atoms with Gasteiger partial charge in [0.1, 0.15) is 22.9 Å². The van der Waals surface area contributed by atoms with Gasteiger partial charge in [-0.3, -0.25) is 19.4 Å². The summed E-state index contributed by atoms with van der Waals surface area (Å²) in [4.78, 5) is 39.6. The summed E-state index contributed by atoms with van der Waals surface area (Å²) in [7, 11) is 5.24. The number of carbonyl (C=O) groups is 2. The Morgan fingerprint density at radius 1 is 1.05 bits per heavy atom. The molecule has 5 aliphatic heterocycles. The lowest BCUT2D eigenvalue weighted by atomic mass is 9.47. The Balaban J connectivity index is 1.35. The SMILES string of the molecule is CCCOC[C@@]1(O)[C@H](OC(C)=O)[C@]2(CC)C=CCN3CC[C@@]4(c5cc([C@@]6(C(=O)OC)C[C@@H]7C=C(CC)CN(CCc8c6[nH]c6ccccc86)C7)c(OC)cc5N(C)[C@@H]14)[C@@H]32. The summed E-state index contributed by atoms with van der Waals surface area (Å²) in [6, 6.07) is 12.1. The summed E-state index contributed by atoms with van der Waals surface area (Å²) in [5.41, 5.74) is 2.93. The zero-order chi connectivity index (χ0) is 41.5. The van der Waals surface area contributed by atoms with Gasteiger partial charge in [0.25, 0.3) is 0 Å². The van der Waals surface area contributed by atoms with Gasteiger partial charge in [-0.2, -0.15) is 0 Å². The topological polar surface area (TPSA) is 117 Å². The number of hydrogen-bond donors (Lipinski definition) is 2. The number of aliphatic hydroxyl groups is 1. The fraction of sp³-hybridized carbons (Fsp3) is 0.583. The number of benzene rings is 2. The van der Waals surface area contributed by atoms with Gasteiger partial charge in [-0.15, -0.1) is 0 Å². The Morgan fingerprint density at radius 2 is 1.86 bits per heavy atom. The van der Waals surface area contributed by atoms with E-state index in [1.807, 2.05) is 13.1 Å². The zero-order valence-corrected chi connectivity index (χ0v) is 35.9. The molecule has 1 unspecified atom stereocenters. The molecule has 9 rings (SSSR count). The minimum atomic E-state index is -1.60. The molecule has 1 aliphatic carbocycles. The molecule has 11 nitrogen and oxygen atoms in total. The van der Waals surface area contributed by atoms with E-state index < -0.39 is 40.0 Å². The van der Waals surface area contributed by atoms with Crippen molar-refractivity contribution in [2.24, 2.45) is 11.3 Å². The van der Waals surface area contributed by atoms with Crippen molar-refractivity contribution in [3.63, 3.8) is 0 Å². The van der Waals surface area contributed by atoms with Crippen LogP contribution in [0.25, 0.3) is 10.9 Å². The van der Waals surface area contributed by atoms with Crippen molar-refractivity contribution in [1.82, 2.24) is 14.8 Å². The summed E-state index contributed by atoms with van der Waals surface area (Å²) in [6.45, 7) is 12.5. The fourth-order valence-corrected chi connectivity index (χ4v) is 13.4. The maximum atomic E-state index is 15.3. The van der Waals surface area contributed by atoms with Crippen LogP contribution >= 0.6 is 0 Å². The largest absolute Gasteiger partial charge is 0.496 e. The maximum absolute atomic E-state index is 15.3.